The highest BCUT2D eigenvalue weighted by molar-refractivity contribution is 9.10. The van der Waals surface area contributed by atoms with Gasteiger partial charge in [0, 0.05) is 16.6 Å². The smallest absolute Gasteiger partial charge is 0.270 e. The maximum absolute atomic E-state index is 12.6. The number of hydrogen-bond acceptors (Lipinski definition) is 6. The molecule has 0 atom stereocenters. The molecule has 0 aliphatic carbocycles. The number of anilines is 1. The van der Waals surface area contributed by atoms with Gasteiger partial charge in [-0.15, -0.1) is 0 Å². The predicted molar refractivity (Wildman–Crippen MR) is 104 cm³/mol. The first kappa shape index (κ1) is 18.3. The van der Waals surface area contributed by atoms with Crippen molar-refractivity contribution in [2.45, 2.75) is 19.4 Å². The normalized spacial score (nSPS) is 11.3. The highest BCUT2D eigenvalue weighted by atomic mass is 79.9. The van der Waals surface area contributed by atoms with Crippen LogP contribution in [0.3, 0.4) is 0 Å². The zero-order chi connectivity index (χ0) is 18.9. The third kappa shape index (κ3) is 4.00. The van der Waals surface area contributed by atoms with Gasteiger partial charge in [0.15, 0.2) is 10.7 Å². The summed E-state index contributed by atoms with van der Waals surface area (Å²) in [5.74, 6) is 0.197. The number of rotatable bonds is 5. The van der Waals surface area contributed by atoms with Crippen molar-refractivity contribution >= 4 is 54.2 Å². The highest BCUT2D eigenvalue weighted by Gasteiger charge is 2.31. The van der Waals surface area contributed by atoms with Gasteiger partial charge < -0.3 is 4.74 Å². The standard InChI is InChI=1S/C17H14BrN3O4S/c1-17(2,25-12-6-3-10(18)4-7-12)15(22)20-16-19-13-8-5-11(21(23)24)9-14(13)26-16/h3-9H,1-2H3,(H,19,20,22). The molecule has 1 aromatic heterocycles. The monoisotopic (exact) mass is 435 g/mol. The van der Waals surface area contributed by atoms with Crippen LogP contribution in [0.2, 0.25) is 0 Å². The molecule has 2 aromatic carbocycles. The summed E-state index contributed by atoms with van der Waals surface area (Å²) in [6.07, 6.45) is 0. The van der Waals surface area contributed by atoms with Crippen LogP contribution >= 0.6 is 27.3 Å². The lowest BCUT2D eigenvalue weighted by molar-refractivity contribution is -0.384. The number of non-ortho nitro benzene ring substituents is 1. The summed E-state index contributed by atoms with van der Waals surface area (Å²) in [5, 5.41) is 13.9. The van der Waals surface area contributed by atoms with E-state index in [1.165, 1.54) is 23.5 Å². The summed E-state index contributed by atoms with van der Waals surface area (Å²) in [6, 6.07) is 11.5. The number of halogens is 1. The van der Waals surface area contributed by atoms with Crippen molar-refractivity contribution in [3.63, 3.8) is 0 Å². The Hall–Kier alpha value is -2.52. The van der Waals surface area contributed by atoms with E-state index in [-0.39, 0.29) is 11.6 Å². The molecule has 0 saturated heterocycles. The van der Waals surface area contributed by atoms with Crippen molar-refractivity contribution in [1.29, 1.82) is 0 Å². The minimum atomic E-state index is -1.13. The minimum absolute atomic E-state index is 0.0158. The molecule has 3 rings (SSSR count). The molecular formula is C17H14BrN3O4S. The minimum Gasteiger partial charge on any atom is -0.478 e. The van der Waals surface area contributed by atoms with Crippen LogP contribution in [0.15, 0.2) is 46.9 Å². The van der Waals surface area contributed by atoms with Gasteiger partial charge in [-0.2, -0.15) is 0 Å². The van der Waals surface area contributed by atoms with E-state index in [2.05, 4.69) is 26.2 Å². The molecule has 0 aliphatic heterocycles. The van der Waals surface area contributed by atoms with E-state index < -0.39 is 10.5 Å². The number of nitrogens with one attached hydrogen (secondary N) is 1. The fraction of sp³-hybridized carbons (Fsp3) is 0.176. The molecule has 1 heterocycles. The zero-order valence-corrected chi connectivity index (χ0v) is 16.3. The molecule has 0 spiro atoms. The van der Waals surface area contributed by atoms with E-state index in [4.69, 9.17) is 4.74 Å². The van der Waals surface area contributed by atoms with Crippen LogP contribution in [0.5, 0.6) is 5.75 Å². The van der Waals surface area contributed by atoms with E-state index in [0.29, 0.717) is 21.1 Å². The zero-order valence-electron chi connectivity index (χ0n) is 13.9. The Bertz CT molecular complexity index is 985. The first-order valence-corrected chi connectivity index (χ1v) is 9.16. The van der Waals surface area contributed by atoms with Crippen LogP contribution in [-0.4, -0.2) is 21.4 Å². The van der Waals surface area contributed by atoms with Crippen molar-refractivity contribution in [3.8, 4) is 5.75 Å². The first-order valence-electron chi connectivity index (χ1n) is 7.55. The van der Waals surface area contributed by atoms with Crippen molar-refractivity contribution in [2.75, 3.05) is 5.32 Å². The highest BCUT2D eigenvalue weighted by Crippen LogP contribution is 2.30. The molecule has 26 heavy (non-hydrogen) atoms. The number of aromatic nitrogens is 1. The lowest BCUT2D eigenvalue weighted by atomic mass is 10.1. The lowest BCUT2D eigenvalue weighted by Gasteiger charge is -2.24. The van der Waals surface area contributed by atoms with Crippen LogP contribution in [0, 0.1) is 10.1 Å². The van der Waals surface area contributed by atoms with E-state index in [0.717, 1.165) is 4.47 Å². The summed E-state index contributed by atoms with van der Waals surface area (Å²) in [6.45, 7) is 3.31. The topological polar surface area (TPSA) is 94.4 Å². The van der Waals surface area contributed by atoms with Crippen molar-refractivity contribution in [1.82, 2.24) is 4.98 Å². The fourth-order valence-electron chi connectivity index (χ4n) is 2.17. The number of carbonyl (C=O) groups excluding carboxylic acids is 1. The van der Waals surface area contributed by atoms with Crippen LogP contribution in [0.1, 0.15) is 13.8 Å². The van der Waals surface area contributed by atoms with Gasteiger partial charge in [-0.1, -0.05) is 27.3 Å². The van der Waals surface area contributed by atoms with Crippen LogP contribution in [0.4, 0.5) is 10.8 Å². The van der Waals surface area contributed by atoms with Crippen LogP contribution in [0.25, 0.3) is 10.2 Å². The summed E-state index contributed by atoms with van der Waals surface area (Å²) in [7, 11) is 0. The summed E-state index contributed by atoms with van der Waals surface area (Å²) < 4.78 is 7.31. The number of carbonyl (C=O) groups is 1. The Balaban J connectivity index is 1.76. The average Bonchev–Trinajstić information content (AvgIpc) is 2.98. The molecule has 0 fully saturated rings. The second-order valence-corrected chi connectivity index (χ2v) is 7.89. The molecule has 134 valence electrons. The number of fused-ring (bicyclic) bond motifs is 1. The van der Waals surface area contributed by atoms with Crippen LogP contribution < -0.4 is 10.1 Å². The van der Waals surface area contributed by atoms with Gasteiger partial charge in [0.25, 0.3) is 11.6 Å². The van der Waals surface area contributed by atoms with Crippen molar-refractivity contribution in [3.05, 3.63) is 57.1 Å². The Morgan fingerprint density at radius 3 is 2.62 bits per heavy atom. The number of nitrogens with zero attached hydrogens (tertiary/aromatic N) is 2. The molecule has 1 N–H and O–H groups in total. The molecule has 0 bridgehead atoms. The number of benzene rings is 2. The third-order valence-electron chi connectivity index (χ3n) is 3.54. The first-order chi connectivity index (χ1) is 12.2. The number of hydrogen-bond donors (Lipinski definition) is 1. The van der Waals surface area contributed by atoms with Crippen LogP contribution in [-0.2, 0) is 4.79 Å². The molecule has 3 aromatic rings. The molecule has 7 nitrogen and oxygen atoms in total. The molecule has 1 amide bonds. The van der Waals surface area contributed by atoms with Gasteiger partial charge in [0.1, 0.15) is 5.75 Å². The molecule has 9 heteroatoms. The maximum Gasteiger partial charge on any atom is 0.270 e. The molecule has 0 saturated carbocycles. The fourth-order valence-corrected chi connectivity index (χ4v) is 3.33. The largest absolute Gasteiger partial charge is 0.478 e. The van der Waals surface area contributed by atoms with Crippen molar-refractivity contribution in [2.24, 2.45) is 0 Å². The van der Waals surface area contributed by atoms with Gasteiger partial charge in [0.2, 0.25) is 0 Å². The van der Waals surface area contributed by atoms with Gasteiger partial charge in [-0.25, -0.2) is 4.98 Å². The Morgan fingerprint density at radius 1 is 1.27 bits per heavy atom. The van der Waals surface area contributed by atoms with E-state index in [1.54, 1.807) is 32.0 Å². The van der Waals surface area contributed by atoms with Crippen molar-refractivity contribution < 1.29 is 14.5 Å². The quantitative estimate of drug-likeness (QED) is 0.460. The van der Waals surface area contributed by atoms with Gasteiger partial charge >= 0.3 is 0 Å². The molecule has 0 unspecified atom stereocenters. The SMILES string of the molecule is CC(C)(Oc1ccc(Br)cc1)C(=O)Nc1nc2ccc([N+](=O)[O-])cc2s1. The van der Waals surface area contributed by atoms with E-state index in [9.17, 15) is 14.9 Å². The van der Waals surface area contributed by atoms with Gasteiger partial charge in [-0.05, 0) is 44.2 Å². The summed E-state index contributed by atoms with van der Waals surface area (Å²) >= 11 is 4.52. The average molecular weight is 436 g/mol. The third-order valence-corrected chi connectivity index (χ3v) is 5.00. The number of nitro benzene ring substituents is 1. The molecular weight excluding hydrogens is 422 g/mol. The molecule has 0 radical (unpaired) electrons. The second-order valence-electron chi connectivity index (χ2n) is 5.95. The summed E-state index contributed by atoms with van der Waals surface area (Å²) in [4.78, 5) is 27.2. The van der Waals surface area contributed by atoms with E-state index >= 15 is 0 Å². The Labute approximate surface area is 161 Å². The maximum atomic E-state index is 12.6. The van der Waals surface area contributed by atoms with Gasteiger partial charge in [-0.3, -0.25) is 20.2 Å². The second kappa shape index (κ2) is 7.00. The molecule has 0 aliphatic rings. The Kier molecular flexibility index (Phi) is 4.92. The van der Waals surface area contributed by atoms with E-state index in [1.807, 2.05) is 12.1 Å². The Morgan fingerprint density at radius 2 is 1.96 bits per heavy atom. The number of amides is 1. The number of nitro groups is 1. The summed E-state index contributed by atoms with van der Waals surface area (Å²) in [5.41, 5.74) is -0.557. The van der Waals surface area contributed by atoms with Gasteiger partial charge in [0.05, 0.1) is 15.1 Å². The lowest BCUT2D eigenvalue weighted by Crippen LogP contribution is -2.42. The number of thiazole rings is 1. The number of ether oxygens (including phenoxy) is 1. The predicted octanol–water partition coefficient (Wildman–Crippen LogP) is 4.76.